The van der Waals surface area contributed by atoms with Gasteiger partial charge < -0.3 is 10.1 Å². The molecule has 1 aromatic carbocycles. The van der Waals surface area contributed by atoms with Crippen LogP contribution >= 0.6 is 0 Å². The SMILES string of the molecule is CC(C)NCc1ccc(OCC(F)(F)F)c(C2CC2)c1. The highest BCUT2D eigenvalue weighted by atomic mass is 19.4. The third-order valence-corrected chi connectivity index (χ3v) is 3.20. The molecule has 1 aromatic rings. The first-order chi connectivity index (χ1) is 9.35. The van der Waals surface area contributed by atoms with Crippen molar-refractivity contribution in [2.24, 2.45) is 0 Å². The van der Waals surface area contributed by atoms with Gasteiger partial charge in [-0.3, -0.25) is 0 Å². The Labute approximate surface area is 117 Å². The Morgan fingerprint density at radius 2 is 2.00 bits per heavy atom. The van der Waals surface area contributed by atoms with Crippen molar-refractivity contribution in [3.8, 4) is 5.75 Å². The van der Waals surface area contributed by atoms with Gasteiger partial charge >= 0.3 is 6.18 Å². The van der Waals surface area contributed by atoms with Crippen molar-refractivity contribution in [2.75, 3.05) is 6.61 Å². The Morgan fingerprint density at radius 3 is 2.55 bits per heavy atom. The molecule has 1 N–H and O–H groups in total. The van der Waals surface area contributed by atoms with Crippen LogP contribution in [0.25, 0.3) is 0 Å². The van der Waals surface area contributed by atoms with Gasteiger partial charge in [0.1, 0.15) is 5.75 Å². The van der Waals surface area contributed by atoms with Gasteiger partial charge in [-0.25, -0.2) is 0 Å². The van der Waals surface area contributed by atoms with E-state index in [1.54, 1.807) is 6.07 Å². The standard InChI is InChI=1S/C15H20F3NO/c1-10(2)19-8-11-3-6-14(20-9-15(16,17)18)13(7-11)12-4-5-12/h3,6-7,10,12,19H,4-5,8-9H2,1-2H3. The maximum Gasteiger partial charge on any atom is 0.422 e. The third kappa shape index (κ3) is 4.71. The van der Waals surface area contributed by atoms with E-state index in [9.17, 15) is 13.2 Å². The fraction of sp³-hybridized carbons (Fsp3) is 0.600. The van der Waals surface area contributed by atoms with Gasteiger partial charge in [0.25, 0.3) is 0 Å². The minimum absolute atomic E-state index is 0.359. The van der Waals surface area contributed by atoms with E-state index >= 15 is 0 Å². The number of benzene rings is 1. The summed E-state index contributed by atoms with van der Waals surface area (Å²) in [7, 11) is 0. The molecule has 1 aliphatic carbocycles. The van der Waals surface area contributed by atoms with Crippen molar-refractivity contribution < 1.29 is 17.9 Å². The number of ether oxygens (including phenoxy) is 1. The first-order valence-corrected chi connectivity index (χ1v) is 6.91. The Balaban J connectivity index is 2.08. The fourth-order valence-corrected chi connectivity index (χ4v) is 2.03. The van der Waals surface area contributed by atoms with Crippen LogP contribution in [-0.4, -0.2) is 18.8 Å². The minimum atomic E-state index is -4.29. The zero-order valence-corrected chi connectivity index (χ0v) is 11.8. The highest BCUT2D eigenvalue weighted by Gasteiger charge is 2.31. The minimum Gasteiger partial charge on any atom is -0.484 e. The zero-order chi connectivity index (χ0) is 14.8. The molecule has 2 nitrogen and oxygen atoms in total. The van der Waals surface area contributed by atoms with Crippen molar-refractivity contribution in [3.63, 3.8) is 0 Å². The van der Waals surface area contributed by atoms with Crippen LogP contribution in [0.5, 0.6) is 5.75 Å². The van der Waals surface area contributed by atoms with Gasteiger partial charge in [-0.05, 0) is 36.0 Å². The summed E-state index contributed by atoms with van der Waals surface area (Å²) in [5.74, 6) is 0.732. The summed E-state index contributed by atoms with van der Waals surface area (Å²) in [5, 5.41) is 3.30. The molecule has 0 saturated heterocycles. The largest absolute Gasteiger partial charge is 0.484 e. The molecule has 0 aliphatic heterocycles. The van der Waals surface area contributed by atoms with E-state index < -0.39 is 12.8 Å². The maximum atomic E-state index is 12.2. The van der Waals surface area contributed by atoms with Crippen LogP contribution in [0.4, 0.5) is 13.2 Å². The second-order valence-electron chi connectivity index (χ2n) is 5.59. The molecule has 0 radical (unpaired) electrons. The van der Waals surface area contributed by atoms with Gasteiger partial charge in [-0.2, -0.15) is 13.2 Å². The summed E-state index contributed by atoms with van der Waals surface area (Å²) < 4.78 is 41.7. The van der Waals surface area contributed by atoms with E-state index in [0.29, 0.717) is 17.7 Å². The smallest absolute Gasteiger partial charge is 0.422 e. The molecule has 112 valence electrons. The van der Waals surface area contributed by atoms with E-state index in [0.717, 1.165) is 30.5 Å². The Hall–Kier alpha value is -1.23. The molecule has 1 fully saturated rings. The lowest BCUT2D eigenvalue weighted by Gasteiger charge is -2.15. The van der Waals surface area contributed by atoms with Crippen molar-refractivity contribution in [1.29, 1.82) is 0 Å². The molecule has 0 amide bonds. The monoisotopic (exact) mass is 287 g/mol. The summed E-state index contributed by atoms with van der Waals surface area (Å²) in [6, 6.07) is 5.84. The van der Waals surface area contributed by atoms with Gasteiger partial charge in [0.05, 0.1) is 0 Å². The maximum absolute atomic E-state index is 12.2. The number of nitrogens with one attached hydrogen (secondary N) is 1. The third-order valence-electron chi connectivity index (χ3n) is 3.20. The molecule has 0 unspecified atom stereocenters. The first-order valence-electron chi connectivity index (χ1n) is 6.91. The van der Waals surface area contributed by atoms with E-state index in [4.69, 9.17) is 4.74 Å². The highest BCUT2D eigenvalue weighted by molar-refractivity contribution is 5.41. The number of hydrogen-bond acceptors (Lipinski definition) is 2. The zero-order valence-electron chi connectivity index (χ0n) is 11.8. The van der Waals surface area contributed by atoms with Crippen molar-refractivity contribution in [2.45, 2.75) is 51.4 Å². The molecule has 0 spiro atoms. The Bertz CT molecular complexity index is 453. The molecule has 0 bridgehead atoms. The van der Waals surface area contributed by atoms with Crippen molar-refractivity contribution in [1.82, 2.24) is 5.32 Å². The molecule has 20 heavy (non-hydrogen) atoms. The summed E-state index contributed by atoms with van der Waals surface area (Å²) in [5.41, 5.74) is 2.00. The summed E-state index contributed by atoms with van der Waals surface area (Å²) in [6.07, 6.45) is -2.23. The van der Waals surface area contributed by atoms with Crippen molar-refractivity contribution in [3.05, 3.63) is 29.3 Å². The number of rotatable bonds is 6. The molecular weight excluding hydrogens is 267 g/mol. The average Bonchev–Trinajstić information content (AvgIpc) is 3.17. The Morgan fingerprint density at radius 1 is 1.30 bits per heavy atom. The van der Waals surface area contributed by atoms with E-state index in [-0.39, 0.29) is 0 Å². The van der Waals surface area contributed by atoms with Gasteiger partial charge in [0, 0.05) is 12.6 Å². The van der Waals surface area contributed by atoms with Gasteiger partial charge in [-0.15, -0.1) is 0 Å². The lowest BCUT2D eigenvalue weighted by molar-refractivity contribution is -0.153. The summed E-state index contributed by atoms with van der Waals surface area (Å²) in [4.78, 5) is 0. The lowest BCUT2D eigenvalue weighted by atomic mass is 10.1. The van der Waals surface area contributed by atoms with Crippen LogP contribution in [0.15, 0.2) is 18.2 Å². The fourth-order valence-electron chi connectivity index (χ4n) is 2.03. The molecule has 1 saturated carbocycles. The normalized spacial score (nSPS) is 15.7. The van der Waals surface area contributed by atoms with E-state index in [2.05, 4.69) is 19.2 Å². The van der Waals surface area contributed by atoms with Crippen LogP contribution in [0.1, 0.15) is 43.7 Å². The van der Waals surface area contributed by atoms with E-state index in [1.807, 2.05) is 12.1 Å². The molecule has 0 aromatic heterocycles. The predicted octanol–water partition coefficient (Wildman–Crippen LogP) is 4.00. The molecule has 1 aliphatic rings. The topological polar surface area (TPSA) is 21.3 Å². The molecule has 0 atom stereocenters. The van der Waals surface area contributed by atoms with Gasteiger partial charge in [0.15, 0.2) is 6.61 Å². The molecular formula is C15H20F3NO. The van der Waals surface area contributed by atoms with Crippen LogP contribution in [0, 0.1) is 0 Å². The number of halogens is 3. The lowest BCUT2D eigenvalue weighted by Crippen LogP contribution is -2.22. The van der Waals surface area contributed by atoms with Gasteiger partial charge in [-0.1, -0.05) is 26.0 Å². The quantitative estimate of drug-likeness (QED) is 0.853. The predicted molar refractivity (Wildman–Crippen MR) is 71.9 cm³/mol. The summed E-state index contributed by atoms with van der Waals surface area (Å²) >= 11 is 0. The molecule has 2 rings (SSSR count). The summed E-state index contributed by atoms with van der Waals surface area (Å²) in [6.45, 7) is 3.61. The number of hydrogen-bond donors (Lipinski definition) is 1. The second kappa shape index (κ2) is 6.04. The van der Waals surface area contributed by atoms with Gasteiger partial charge in [0.2, 0.25) is 0 Å². The second-order valence-corrected chi connectivity index (χ2v) is 5.59. The van der Waals surface area contributed by atoms with Crippen LogP contribution in [-0.2, 0) is 6.54 Å². The molecule has 5 heteroatoms. The molecule has 0 heterocycles. The Kier molecular flexibility index (Phi) is 4.58. The van der Waals surface area contributed by atoms with E-state index in [1.165, 1.54) is 0 Å². The average molecular weight is 287 g/mol. The highest BCUT2D eigenvalue weighted by Crippen LogP contribution is 2.44. The first kappa shape index (κ1) is 15.2. The van der Waals surface area contributed by atoms with Crippen LogP contribution in [0.2, 0.25) is 0 Å². The van der Waals surface area contributed by atoms with Crippen LogP contribution < -0.4 is 10.1 Å². The van der Waals surface area contributed by atoms with Crippen LogP contribution in [0.3, 0.4) is 0 Å². The number of alkyl halides is 3. The van der Waals surface area contributed by atoms with Crippen molar-refractivity contribution >= 4 is 0 Å².